The summed E-state index contributed by atoms with van der Waals surface area (Å²) in [6.07, 6.45) is -7.26. The number of allylic oxidation sites excluding steroid dienone is 1. The number of alkyl halides is 6. The monoisotopic (exact) mass is 584 g/mol. The van der Waals surface area contributed by atoms with Gasteiger partial charge in [0.05, 0.1) is 32.9 Å². The van der Waals surface area contributed by atoms with E-state index >= 15 is 0 Å². The number of nitrogens with one attached hydrogen (secondary N) is 1. The Morgan fingerprint density at radius 2 is 1.65 bits per heavy atom. The Labute approximate surface area is 220 Å². The Kier molecular flexibility index (Phi) is 8.77. The molecule has 3 nitrogen and oxygen atoms in total. The van der Waals surface area contributed by atoms with Crippen LogP contribution in [0.1, 0.15) is 33.0 Å². The highest BCUT2D eigenvalue weighted by Gasteiger charge is 2.41. The SMILES string of the molecule is O=C(CNc1cccnc1)c1ccc(/C(F)=C/C(c2cc(Cl)c(Cl)c(Cl)c2)C(F)(F)F)cc1C(F)(F)F. The van der Waals surface area contributed by atoms with E-state index in [1.807, 2.05) is 0 Å². The number of anilines is 1. The summed E-state index contributed by atoms with van der Waals surface area (Å²) < 4.78 is 97.3. The Bertz CT molecular complexity index is 1300. The van der Waals surface area contributed by atoms with Gasteiger partial charge in [0.2, 0.25) is 0 Å². The van der Waals surface area contributed by atoms with Crippen LogP contribution in [0.3, 0.4) is 0 Å². The van der Waals surface area contributed by atoms with Crippen molar-refractivity contribution in [1.82, 2.24) is 4.98 Å². The van der Waals surface area contributed by atoms with Gasteiger partial charge in [-0.3, -0.25) is 9.78 Å². The summed E-state index contributed by atoms with van der Waals surface area (Å²) in [5.41, 5.74) is -3.32. The highest BCUT2D eigenvalue weighted by atomic mass is 35.5. The smallest absolute Gasteiger partial charge is 0.376 e. The molecule has 0 aliphatic carbocycles. The lowest BCUT2D eigenvalue weighted by Crippen LogP contribution is -2.20. The number of rotatable bonds is 7. The van der Waals surface area contributed by atoms with Crippen LogP contribution >= 0.6 is 34.8 Å². The normalized spacial score (nSPS) is 13.4. The number of aromatic nitrogens is 1. The minimum absolute atomic E-state index is 0.0941. The van der Waals surface area contributed by atoms with Crippen LogP contribution in [0.15, 0.2) is 60.9 Å². The molecule has 1 heterocycles. The van der Waals surface area contributed by atoms with Gasteiger partial charge in [-0.2, -0.15) is 26.3 Å². The Morgan fingerprint density at radius 1 is 1.00 bits per heavy atom. The van der Waals surface area contributed by atoms with Gasteiger partial charge in [0.15, 0.2) is 5.78 Å². The highest BCUT2D eigenvalue weighted by molar-refractivity contribution is 6.48. The number of halogens is 10. The van der Waals surface area contributed by atoms with E-state index in [0.29, 0.717) is 11.8 Å². The summed E-state index contributed by atoms with van der Waals surface area (Å²) in [5, 5.41) is 1.75. The zero-order chi connectivity index (χ0) is 27.5. The number of benzene rings is 2. The fraction of sp³-hybridized carbons (Fsp3) is 0.167. The van der Waals surface area contributed by atoms with E-state index in [0.717, 1.165) is 18.2 Å². The predicted octanol–water partition coefficient (Wildman–Crippen LogP) is 9.01. The van der Waals surface area contributed by atoms with Crippen molar-refractivity contribution in [3.63, 3.8) is 0 Å². The maximum Gasteiger partial charge on any atom is 0.417 e. The molecule has 13 heteroatoms. The molecular weight excluding hydrogens is 572 g/mol. The molecule has 1 aromatic heterocycles. The fourth-order valence-corrected chi connectivity index (χ4v) is 3.91. The van der Waals surface area contributed by atoms with Gasteiger partial charge in [0.25, 0.3) is 0 Å². The molecule has 0 saturated carbocycles. The zero-order valence-electron chi connectivity index (χ0n) is 18.2. The molecule has 0 aliphatic heterocycles. The van der Waals surface area contributed by atoms with E-state index in [1.165, 1.54) is 24.5 Å². The van der Waals surface area contributed by atoms with Gasteiger partial charge < -0.3 is 5.32 Å². The number of nitrogens with zero attached hydrogens (tertiary/aromatic N) is 1. The fourth-order valence-electron chi connectivity index (χ4n) is 3.29. The van der Waals surface area contributed by atoms with Crippen LogP contribution in [-0.4, -0.2) is 23.5 Å². The number of ketones is 1. The molecule has 2 aromatic carbocycles. The van der Waals surface area contributed by atoms with Crippen molar-refractivity contribution in [3.05, 3.63) is 98.3 Å². The number of carbonyl (C=O) groups is 1. The number of hydrogen-bond acceptors (Lipinski definition) is 3. The topological polar surface area (TPSA) is 42.0 Å². The van der Waals surface area contributed by atoms with Crippen LogP contribution in [-0.2, 0) is 6.18 Å². The highest BCUT2D eigenvalue weighted by Crippen LogP contribution is 2.42. The van der Waals surface area contributed by atoms with E-state index in [4.69, 9.17) is 34.8 Å². The Hall–Kier alpha value is -2.82. The summed E-state index contributed by atoms with van der Waals surface area (Å²) in [6, 6.07) is 6.50. The standard InChI is InChI=1S/C24H14Cl3F7N2O/c25-18-7-13(8-19(26)22(18)27)16(23(29,30)31)9-20(28)12-3-4-15(17(6-12)24(32,33)34)21(37)11-36-14-2-1-5-35-10-14/h1-10,16,36H,11H2/b20-9-. The second-order valence-electron chi connectivity index (χ2n) is 7.61. The molecular formula is C24H14Cl3F7N2O. The van der Waals surface area contributed by atoms with Gasteiger partial charge in [0.1, 0.15) is 11.7 Å². The van der Waals surface area contributed by atoms with E-state index in [1.54, 1.807) is 0 Å². The van der Waals surface area contributed by atoms with E-state index in [-0.39, 0.29) is 27.2 Å². The van der Waals surface area contributed by atoms with Gasteiger partial charge in [-0.1, -0.05) is 46.9 Å². The van der Waals surface area contributed by atoms with Gasteiger partial charge >= 0.3 is 12.4 Å². The molecule has 0 amide bonds. The van der Waals surface area contributed by atoms with Crippen LogP contribution in [0.2, 0.25) is 15.1 Å². The van der Waals surface area contributed by atoms with Gasteiger partial charge in [-0.25, -0.2) is 4.39 Å². The molecule has 0 fully saturated rings. The maximum atomic E-state index is 14.9. The average molecular weight is 586 g/mol. The van der Waals surface area contributed by atoms with Crippen molar-refractivity contribution in [2.24, 2.45) is 0 Å². The minimum atomic E-state index is -5.10. The average Bonchev–Trinajstić information content (AvgIpc) is 2.83. The van der Waals surface area contributed by atoms with Gasteiger partial charge in [0, 0.05) is 23.5 Å². The second-order valence-corrected chi connectivity index (χ2v) is 8.80. The van der Waals surface area contributed by atoms with E-state index < -0.39 is 58.7 Å². The van der Waals surface area contributed by atoms with Crippen LogP contribution in [0.4, 0.5) is 36.4 Å². The summed E-state index contributed by atoms with van der Waals surface area (Å²) in [4.78, 5) is 16.3. The van der Waals surface area contributed by atoms with Crippen LogP contribution in [0.25, 0.3) is 5.83 Å². The third-order valence-electron chi connectivity index (χ3n) is 5.05. The number of hydrogen-bond donors (Lipinski definition) is 1. The molecule has 196 valence electrons. The van der Waals surface area contributed by atoms with Crippen molar-refractivity contribution >= 4 is 52.1 Å². The first-order valence-electron chi connectivity index (χ1n) is 10.2. The van der Waals surface area contributed by atoms with Crippen molar-refractivity contribution in [2.45, 2.75) is 18.3 Å². The molecule has 3 aromatic rings. The lowest BCUT2D eigenvalue weighted by atomic mass is 9.95. The van der Waals surface area contributed by atoms with E-state index in [2.05, 4.69) is 10.3 Å². The molecule has 1 unspecified atom stereocenters. The Balaban J connectivity index is 1.99. The van der Waals surface area contributed by atoms with Crippen LogP contribution in [0, 0.1) is 0 Å². The largest absolute Gasteiger partial charge is 0.417 e. The first kappa shape index (κ1) is 28.7. The molecule has 3 rings (SSSR count). The quantitative estimate of drug-likeness (QED) is 0.171. The summed E-state index contributed by atoms with van der Waals surface area (Å²) in [5.74, 6) is -5.20. The molecule has 1 N–H and O–H groups in total. The molecule has 37 heavy (non-hydrogen) atoms. The first-order valence-corrected chi connectivity index (χ1v) is 11.3. The summed E-state index contributed by atoms with van der Waals surface area (Å²) in [6.45, 7) is -0.541. The van der Waals surface area contributed by atoms with Crippen LogP contribution < -0.4 is 5.32 Å². The van der Waals surface area contributed by atoms with Crippen molar-refractivity contribution < 1.29 is 35.5 Å². The van der Waals surface area contributed by atoms with E-state index in [9.17, 15) is 35.5 Å². The molecule has 0 saturated heterocycles. The summed E-state index contributed by atoms with van der Waals surface area (Å²) >= 11 is 17.3. The first-order chi connectivity index (χ1) is 17.2. The number of carbonyl (C=O) groups excluding carboxylic acids is 1. The zero-order valence-corrected chi connectivity index (χ0v) is 20.5. The van der Waals surface area contributed by atoms with Crippen molar-refractivity contribution in [3.8, 4) is 0 Å². The van der Waals surface area contributed by atoms with Crippen LogP contribution in [0.5, 0.6) is 0 Å². The number of pyridine rings is 1. The number of Topliss-reactive ketones (excluding diaryl/α,β-unsaturated/α-hetero) is 1. The lowest BCUT2D eigenvalue weighted by Gasteiger charge is -2.19. The second kappa shape index (κ2) is 11.3. The van der Waals surface area contributed by atoms with Crippen molar-refractivity contribution in [1.29, 1.82) is 0 Å². The Morgan fingerprint density at radius 3 is 2.19 bits per heavy atom. The molecule has 1 atom stereocenters. The maximum absolute atomic E-state index is 14.9. The van der Waals surface area contributed by atoms with Gasteiger partial charge in [-0.05, 0) is 42.0 Å². The lowest BCUT2D eigenvalue weighted by molar-refractivity contribution is -0.140. The third kappa shape index (κ3) is 7.15. The van der Waals surface area contributed by atoms with Gasteiger partial charge in [-0.15, -0.1) is 0 Å². The minimum Gasteiger partial charge on any atom is -0.376 e. The molecule has 0 spiro atoms. The van der Waals surface area contributed by atoms with Crippen molar-refractivity contribution in [2.75, 3.05) is 11.9 Å². The predicted molar refractivity (Wildman–Crippen MR) is 128 cm³/mol. The summed E-state index contributed by atoms with van der Waals surface area (Å²) in [7, 11) is 0. The molecule has 0 aliphatic rings. The molecule has 0 bridgehead atoms. The molecule has 0 radical (unpaired) electrons. The third-order valence-corrected chi connectivity index (χ3v) is 6.24.